The summed E-state index contributed by atoms with van der Waals surface area (Å²) in [5, 5.41) is 2.95. The minimum atomic E-state index is -0.480. The number of halogens is 3. The van der Waals surface area contributed by atoms with E-state index >= 15 is 0 Å². The summed E-state index contributed by atoms with van der Waals surface area (Å²) >= 11 is 5.62. The number of rotatable bonds is 2. The van der Waals surface area contributed by atoms with Crippen LogP contribution in [0.1, 0.15) is 0 Å². The SMILES string of the molecule is Fc1cccc(Nc2ccc(F)c(Cl)c2)c1. The van der Waals surface area contributed by atoms with Crippen molar-refractivity contribution in [2.45, 2.75) is 0 Å². The Morgan fingerprint density at radius 2 is 1.69 bits per heavy atom. The lowest BCUT2D eigenvalue weighted by atomic mass is 10.2. The second kappa shape index (κ2) is 4.49. The molecule has 0 aliphatic carbocycles. The normalized spacial score (nSPS) is 10.2. The van der Waals surface area contributed by atoms with Crippen LogP contribution in [0.5, 0.6) is 0 Å². The van der Waals surface area contributed by atoms with Crippen LogP contribution in [0.4, 0.5) is 20.2 Å². The van der Waals surface area contributed by atoms with Gasteiger partial charge in [0.15, 0.2) is 0 Å². The molecule has 0 fully saturated rings. The third kappa shape index (κ3) is 2.49. The Hall–Kier alpha value is -1.61. The van der Waals surface area contributed by atoms with Crippen LogP contribution in [0.3, 0.4) is 0 Å². The predicted molar refractivity (Wildman–Crippen MR) is 61.1 cm³/mol. The van der Waals surface area contributed by atoms with Crippen LogP contribution in [0.15, 0.2) is 42.5 Å². The third-order valence-electron chi connectivity index (χ3n) is 2.03. The number of nitrogens with one attached hydrogen (secondary N) is 1. The number of hydrogen-bond donors (Lipinski definition) is 1. The maximum absolute atomic E-state index is 12.9. The van der Waals surface area contributed by atoms with Crippen molar-refractivity contribution in [1.29, 1.82) is 0 Å². The molecule has 0 unspecified atom stereocenters. The van der Waals surface area contributed by atoms with Crippen molar-refractivity contribution in [2.24, 2.45) is 0 Å². The van der Waals surface area contributed by atoms with Gasteiger partial charge in [-0.05, 0) is 36.4 Å². The molecule has 0 radical (unpaired) electrons. The van der Waals surface area contributed by atoms with Gasteiger partial charge >= 0.3 is 0 Å². The Morgan fingerprint density at radius 1 is 0.938 bits per heavy atom. The Morgan fingerprint density at radius 3 is 2.38 bits per heavy atom. The molecule has 0 spiro atoms. The quantitative estimate of drug-likeness (QED) is 0.821. The van der Waals surface area contributed by atoms with Crippen molar-refractivity contribution >= 4 is 23.0 Å². The topological polar surface area (TPSA) is 12.0 Å². The fraction of sp³-hybridized carbons (Fsp3) is 0. The van der Waals surface area contributed by atoms with E-state index in [1.54, 1.807) is 12.1 Å². The summed E-state index contributed by atoms with van der Waals surface area (Å²) in [7, 11) is 0. The van der Waals surface area contributed by atoms with Crippen LogP contribution in [-0.4, -0.2) is 0 Å². The van der Waals surface area contributed by atoms with E-state index in [9.17, 15) is 8.78 Å². The average molecular weight is 240 g/mol. The van der Waals surface area contributed by atoms with Crippen LogP contribution >= 0.6 is 11.6 Å². The van der Waals surface area contributed by atoms with E-state index in [0.29, 0.717) is 11.4 Å². The molecule has 2 aromatic rings. The van der Waals surface area contributed by atoms with Gasteiger partial charge in [0.1, 0.15) is 11.6 Å². The minimum absolute atomic E-state index is 0.0291. The first-order valence-corrected chi connectivity index (χ1v) is 5.00. The van der Waals surface area contributed by atoms with Gasteiger partial charge in [0.2, 0.25) is 0 Å². The number of anilines is 2. The van der Waals surface area contributed by atoms with Gasteiger partial charge in [-0.3, -0.25) is 0 Å². The third-order valence-corrected chi connectivity index (χ3v) is 2.32. The lowest BCUT2D eigenvalue weighted by Gasteiger charge is -2.06. The van der Waals surface area contributed by atoms with Crippen LogP contribution in [0.2, 0.25) is 5.02 Å². The van der Waals surface area contributed by atoms with Crippen LogP contribution in [0.25, 0.3) is 0 Å². The van der Waals surface area contributed by atoms with Gasteiger partial charge in [0.25, 0.3) is 0 Å². The van der Waals surface area contributed by atoms with Crippen LogP contribution in [0, 0.1) is 11.6 Å². The monoisotopic (exact) mass is 239 g/mol. The molecule has 1 N–H and O–H groups in total. The molecule has 0 heterocycles. The summed E-state index contributed by atoms with van der Waals surface area (Å²) in [6.07, 6.45) is 0. The Labute approximate surface area is 96.7 Å². The van der Waals surface area contributed by atoms with E-state index in [1.165, 1.54) is 30.3 Å². The molecule has 0 saturated carbocycles. The zero-order valence-corrected chi connectivity index (χ0v) is 8.93. The first-order valence-electron chi connectivity index (χ1n) is 4.63. The lowest BCUT2D eigenvalue weighted by Crippen LogP contribution is -1.91. The van der Waals surface area contributed by atoms with Crippen molar-refractivity contribution < 1.29 is 8.78 Å². The summed E-state index contributed by atoms with van der Waals surface area (Å²) in [6, 6.07) is 10.2. The Bertz CT molecular complexity index is 514. The molecule has 1 nitrogen and oxygen atoms in total. The minimum Gasteiger partial charge on any atom is -0.355 e. The van der Waals surface area contributed by atoms with Crippen molar-refractivity contribution in [3.05, 3.63) is 59.1 Å². The van der Waals surface area contributed by atoms with E-state index in [-0.39, 0.29) is 10.8 Å². The van der Waals surface area contributed by atoms with Gasteiger partial charge in [-0.2, -0.15) is 0 Å². The molecule has 2 aromatic carbocycles. The highest BCUT2D eigenvalue weighted by Crippen LogP contribution is 2.22. The predicted octanol–water partition coefficient (Wildman–Crippen LogP) is 4.36. The molecule has 82 valence electrons. The molecule has 0 aliphatic heterocycles. The molecule has 0 aromatic heterocycles. The second-order valence-electron chi connectivity index (χ2n) is 3.26. The van der Waals surface area contributed by atoms with Crippen LogP contribution in [-0.2, 0) is 0 Å². The standard InChI is InChI=1S/C12H8ClF2N/c13-11-7-10(4-5-12(11)15)16-9-3-1-2-8(14)6-9/h1-7,16H. The van der Waals surface area contributed by atoms with Gasteiger partial charge in [-0.15, -0.1) is 0 Å². The molecule has 0 aliphatic rings. The molecule has 0 atom stereocenters. The van der Waals surface area contributed by atoms with Crippen LogP contribution < -0.4 is 5.32 Å². The molecule has 0 amide bonds. The van der Waals surface area contributed by atoms with Crippen molar-refractivity contribution in [2.75, 3.05) is 5.32 Å². The van der Waals surface area contributed by atoms with E-state index in [4.69, 9.17) is 11.6 Å². The maximum Gasteiger partial charge on any atom is 0.141 e. The first kappa shape index (κ1) is 10.9. The molecule has 0 saturated heterocycles. The average Bonchev–Trinajstić information content (AvgIpc) is 2.24. The van der Waals surface area contributed by atoms with E-state index in [1.807, 2.05) is 0 Å². The zero-order chi connectivity index (χ0) is 11.5. The molecule has 16 heavy (non-hydrogen) atoms. The molecule has 2 rings (SSSR count). The molecule has 4 heteroatoms. The zero-order valence-electron chi connectivity index (χ0n) is 8.18. The maximum atomic E-state index is 12.9. The summed E-state index contributed by atoms with van der Waals surface area (Å²) in [5.74, 6) is -0.815. The highest BCUT2D eigenvalue weighted by Gasteiger charge is 2.01. The van der Waals surface area contributed by atoms with E-state index in [2.05, 4.69) is 5.32 Å². The number of hydrogen-bond acceptors (Lipinski definition) is 1. The Kier molecular flexibility index (Phi) is 3.06. The smallest absolute Gasteiger partial charge is 0.141 e. The fourth-order valence-electron chi connectivity index (χ4n) is 1.31. The summed E-state index contributed by atoms with van der Waals surface area (Å²) in [4.78, 5) is 0. The fourth-order valence-corrected chi connectivity index (χ4v) is 1.49. The Balaban J connectivity index is 2.24. The number of benzene rings is 2. The largest absolute Gasteiger partial charge is 0.355 e. The van der Waals surface area contributed by atoms with Crippen molar-refractivity contribution in [1.82, 2.24) is 0 Å². The second-order valence-corrected chi connectivity index (χ2v) is 3.67. The van der Waals surface area contributed by atoms with Crippen molar-refractivity contribution in [3.8, 4) is 0 Å². The summed E-state index contributed by atoms with van der Waals surface area (Å²) in [5.41, 5.74) is 1.19. The van der Waals surface area contributed by atoms with Gasteiger partial charge < -0.3 is 5.32 Å². The van der Waals surface area contributed by atoms with Crippen molar-refractivity contribution in [3.63, 3.8) is 0 Å². The summed E-state index contributed by atoms with van der Waals surface area (Å²) < 4.78 is 25.8. The molecular formula is C12H8ClF2N. The van der Waals surface area contributed by atoms with Gasteiger partial charge in [-0.1, -0.05) is 17.7 Å². The van der Waals surface area contributed by atoms with Gasteiger partial charge in [0.05, 0.1) is 5.02 Å². The molecule has 0 bridgehead atoms. The van der Waals surface area contributed by atoms with E-state index < -0.39 is 5.82 Å². The molecular weight excluding hydrogens is 232 g/mol. The summed E-state index contributed by atoms with van der Waals surface area (Å²) in [6.45, 7) is 0. The highest BCUT2D eigenvalue weighted by molar-refractivity contribution is 6.31. The first-order chi connectivity index (χ1) is 7.65. The highest BCUT2D eigenvalue weighted by atomic mass is 35.5. The van der Waals surface area contributed by atoms with Gasteiger partial charge in [-0.25, -0.2) is 8.78 Å². The lowest BCUT2D eigenvalue weighted by molar-refractivity contribution is 0.627. The van der Waals surface area contributed by atoms with E-state index in [0.717, 1.165) is 0 Å². The van der Waals surface area contributed by atoms with Gasteiger partial charge in [0, 0.05) is 11.4 Å².